The van der Waals surface area contributed by atoms with E-state index >= 15 is 0 Å². The summed E-state index contributed by atoms with van der Waals surface area (Å²) in [7, 11) is 0. The fourth-order valence-electron chi connectivity index (χ4n) is 3.12. The van der Waals surface area contributed by atoms with Gasteiger partial charge >= 0.3 is 0 Å². The standard InChI is InChI=1S/C18H17N3O4/c22-17(20-16-5-1-2-8-19-16)13-4-3-9-21(13)18(23)12-6-7-14-15(10-12)25-11-24-14/h1-2,5-8,10,13H,3-4,9,11H2,(H,19,20,22)/t13-/m0/s1. The van der Waals surface area contributed by atoms with Crippen molar-refractivity contribution in [3.8, 4) is 11.5 Å². The van der Waals surface area contributed by atoms with Crippen LogP contribution in [0.15, 0.2) is 42.6 Å². The van der Waals surface area contributed by atoms with Gasteiger partial charge < -0.3 is 19.7 Å². The summed E-state index contributed by atoms with van der Waals surface area (Å²) in [5, 5.41) is 2.77. The zero-order valence-electron chi connectivity index (χ0n) is 13.5. The van der Waals surface area contributed by atoms with Crippen molar-refractivity contribution in [2.45, 2.75) is 18.9 Å². The van der Waals surface area contributed by atoms with E-state index < -0.39 is 6.04 Å². The Kier molecular flexibility index (Phi) is 3.97. The van der Waals surface area contributed by atoms with Crippen LogP contribution in [0, 0.1) is 0 Å². The molecule has 7 nitrogen and oxygen atoms in total. The summed E-state index contributed by atoms with van der Waals surface area (Å²) < 4.78 is 10.6. The molecule has 0 radical (unpaired) electrons. The molecule has 2 aromatic rings. The normalized spacial score (nSPS) is 18.2. The first-order valence-corrected chi connectivity index (χ1v) is 8.15. The molecule has 1 atom stereocenters. The van der Waals surface area contributed by atoms with E-state index in [1.165, 1.54) is 0 Å². The molecule has 1 aromatic carbocycles. The summed E-state index contributed by atoms with van der Waals surface area (Å²) in [5.74, 6) is 1.26. The quantitative estimate of drug-likeness (QED) is 0.926. The van der Waals surface area contributed by atoms with E-state index in [1.807, 2.05) is 0 Å². The lowest BCUT2D eigenvalue weighted by Gasteiger charge is -2.24. The number of nitrogens with one attached hydrogen (secondary N) is 1. The lowest BCUT2D eigenvalue weighted by Crippen LogP contribution is -2.43. The molecule has 3 heterocycles. The Morgan fingerprint density at radius 1 is 1.16 bits per heavy atom. The number of rotatable bonds is 3. The maximum atomic E-state index is 12.8. The van der Waals surface area contributed by atoms with E-state index in [2.05, 4.69) is 10.3 Å². The van der Waals surface area contributed by atoms with Crippen LogP contribution in [-0.2, 0) is 4.79 Å². The minimum absolute atomic E-state index is 0.159. The van der Waals surface area contributed by atoms with E-state index in [0.717, 1.165) is 6.42 Å². The predicted octanol–water partition coefficient (Wildman–Crippen LogP) is 2.05. The smallest absolute Gasteiger partial charge is 0.254 e. The molecule has 0 bridgehead atoms. The molecule has 4 rings (SSSR count). The average molecular weight is 339 g/mol. The molecule has 25 heavy (non-hydrogen) atoms. The van der Waals surface area contributed by atoms with Crippen LogP contribution < -0.4 is 14.8 Å². The molecule has 0 spiro atoms. The SMILES string of the molecule is O=C(Nc1ccccn1)[C@@H]1CCCN1C(=O)c1ccc2c(c1)OCO2. The van der Waals surface area contributed by atoms with Crippen molar-refractivity contribution in [3.63, 3.8) is 0 Å². The first-order chi connectivity index (χ1) is 12.2. The molecule has 1 aromatic heterocycles. The van der Waals surface area contributed by atoms with Gasteiger partial charge in [-0.2, -0.15) is 0 Å². The number of anilines is 1. The first-order valence-electron chi connectivity index (χ1n) is 8.15. The molecule has 2 aliphatic rings. The van der Waals surface area contributed by atoms with E-state index in [0.29, 0.717) is 35.8 Å². The third-order valence-corrected chi connectivity index (χ3v) is 4.35. The Balaban J connectivity index is 1.51. The molecular weight excluding hydrogens is 322 g/mol. The largest absolute Gasteiger partial charge is 0.454 e. The molecule has 1 saturated heterocycles. The van der Waals surface area contributed by atoms with Crippen LogP contribution in [0.4, 0.5) is 5.82 Å². The second-order valence-electron chi connectivity index (χ2n) is 5.93. The zero-order chi connectivity index (χ0) is 17.2. The van der Waals surface area contributed by atoms with Crippen LogP contribution in [0.5, 0.6) is 11.5 Å². The van der Waals surface area contributed by atoms with Crippen LogP contribution >= 0.6 is 0 Å². The van der Waals surface area contributed by atoms with Crippen molar-refractivity contribution < 1.29 is 19.1 Å². The number of likely N-dealkylation sites (tertiary alicyclic amines) is 1. The van der Waals surface area contributed by atoms with E-state index in [1.54, 1.807) is 47.5 Å². The maximum Gasteiger partial charge on any atom is 0.254 e. The Morgan fingerprint density at radius 3 is 2.88 bits per heavy atom. The summed E-state index contributed by atoms with van der Waals surface area (Å²) >= 11 is 0. The summed E-state index contributed by atoms with van der Waals surface area (Å²) in [6.07, 6.45) is 3.03. The van der Waals surface area contributed by atoms with Crippen LogP contribution in [0.1, 0.15) is 23.2 Å². The Bertz CT molecular complexity index is 809. The maximum absolute atomic E-state index is 12.8. The van der Waals surface area contributed by atoms with Gasteiger partial charge in [-0.1, -0.05) is 6.07 Å². The van der Waals surface area contributed by atoms with Gasteiger partial charge in [-0.15, -0.1) is 0 Å². The number of aromatic nitrogens is 1. The molecular formula is C18H17N3O4. The molecule has 1 fully saturated rings. The number of fused-ring (bicyclic) bond motifs is 1. The number of carbonyl (C=O) groups is 2. The molecule has 0 aliphatic carbocycles. The van der Waals surface area contributed by atoms with Crippen molar-refractivity contribution in [3.05, 3.63) is 48.2 Å². The number of carbonyl (C=O) groups excluding carboxylic acids is 2. The highest BCUT2D eigenvalue weighted by Crippen LogP contribution is 2.33. The summed E-state index contributed by atoms with van der Waals surface area (Å²) in [6, 6.07) is 9.87. The number of hydrogen-bond donors (Lipinski definition) is 1. The number of amides is 2. The summed E-state index contributed by atoms with van der Waals surface area (Å²) in [6.45, 7) is 0.708. The second-order valence-corrected chi connectivity index (χ2v) is 5.93. The van der Waals surface area contributed by atoms with Gasteiger partial charge in [0.15, 0.2) is 11.5 Å². The molecule has 1 N–H and O–H groups in total. The van der Waals surface area contributed by atoms with E-state index in [9.17, 15) is 9.59 Å². The van der Waals surface area contributed by atoms with Gasteiger partial charge in [0.25, 0.3) is 5.91 Å². The number of benzene rings is 1. The second kappa shape index (κ2) is 6.43. The van der Waals surface area contributed by atoms with Crippen molar-refractivity contribution in [1.29, 1.82) is 0 Å². The molecule has 128 valence electrons. The van der Waals surface area contributed by atoms with Crippen LogP contribution in [-0.4, -0.2) is 41.1 Å². The third kappa shape index (κ3) is 3.00. The Hall–Kier alpha value is -3.09. The van der Waals surface area contributed by atoms with Crippen molar-refractivity contribution in [2.75, 3.05) is 18.7 Å². The average Bonchev–Trinajstić information content (AvgIpc) is 3.30. The Labute approximate surface area is 144 Å². The number of pyridine rings is 1. The fraction of sp³-hybridized carbons (Fsp3) is 0.278. The predicted molar refractivity (Wildman–Crippen MR) is 89.5 cm³/mol. The highest BCUT2D eigenvalue weighted by Gasteiger charge is 2.35. The van der Waals surface area contributed by atoms with Gasteiger partial charge in [-0.3, -0.25) is 9.59 Å². The van der Waals surface area contributed by atoms with Gasteiger partial charge in [0.1, 0.15) is 11.9 Å². The summed E-state index contributed by atoms with van der Waals surface area (Å²) in [4.78, 5) is 31.1. The van der Waals surface area contributed by atoms with Crippen molar-refractivity contribution in [1.82, 2.24) is 9.88 Å². The molecule has 7 heteroatoms. The van der Waals surface area contributed by atoms with Crippen LogP contribution in [0.2, 0.25) is 0 Å². The highest BCUT2D eigenvalue weighted by molar-refractivity contribution is 6.01. The Morgan fingerprint density at radius 2 is 2.04 bits per heavy atom. The monoisotopic (exact) mass is 339 g/mol. The number of ether oxygens (including phenoxy) is 2. The van der Waals surface area contributed by atoms with Crippen molar-refractivity contribution in [2.24, 2.45) is 0 Å². The first kappa shape index (κ1) is 15.4. The van der Waals surface area contributed by atoms with Gasteiger partial charge in [-0.05, 0) is 43.2 Å². The molecule has 0 unspecified atom stereocenters. The van der Waals surface area contributed by atoms with Gasteiger partial charge in [0, 0.05) is 18.3 Å². The van der Waals surface area contributed by atoms with E-state index in [4.69, 9.17) is 9.47 Å². The fourth-order valence-corrected chi connectivity index (χ4v) is 3.12. The third-order valence-electron chi connectivity index (χ3n) is 4.35. The van der Waals surface area contributed by atoms with Crippen LogP contribution in [0.3, 0.4) is 0 Å². The van der Waals surface area contributed by atoms with E-state index in [-0.39, 0.29) is 18.6 Å². The minimum Gasteiger partial charge on any atom is -0.454 e. The van der Waals surface area contributed by atoms with Gasteiger partial charge in [-0.25, -0.2) is 4.98 Å². The number of hydrogen-bond acceptors (Lipinski definition) is 5. The number of nitrogens with zero attached hydrogens (tertiary/aromatic N) is 2. The lowest BCUT2D eigenvalue weighted by atomic mass is 10.1. The van der Waals surface area contributed by atoms with Gasteiger partial charge in [0.05, 0.1) is 0 Å². The molecule has 2 amide bonds. The van der Waals surface area contributed by atoms with Crippen molar-refractivity contribution >= 4 is 17.6 Å². The van der Waals surface area contributed by atoms with Gasteiger partial charge in [0.2, 0.25) is 12.7 Å². The minimum atomic E-state index is -0.500. The van der Waals surface area contributed by atoms with Crippen LogP contribution in [0.25, 0.3) is 0 Å². The highest BCUT2D eigenvalue weighted by atomic mass is 16.7. The summed E-state index contributed by atoms with van der Waals surface area (Å²) in [5.41, 5.74) is 0.488. The molecule has 2 aliphatic heterocycles. The lowest BCUT2D eigenvalue weighted by molar-refractivity contribution is -0.119. The topological polar surface area (TPSA) is 80.8 Å². The molecule has 0 saturated carbocycles. The zero-order valence-corrected chi connectivity index (χ0v) is 13.5.